The molecule has 1 aromatic heterocycles. The molecule has 98 valence electrons. The Bertz CT molecular complexity index is 644. The van der Waals surface area contributed by atoms with Crippen molar-refractivity contribution in [3.8, 4) is 0 Å². The summed E-state index contributed by atoms with van der Waals surface area (Å²) in [6, 6.07) is 6.55. The van der Waals surface area contributed by atoms with Crippen molar-refractivity contribution >= 4 is 17.4 Å². The van der Waals surface area contributed by atoms with Crippen LogP contribution in [0.15, 0.2) is 30.3 Å². The number of nitrogens with one attached hydrogen (secondary N) is 1. The normalized spacial score (nSPS) is 10.3. The number of benzene rings is 1. The summed E-state index contributed by atoms with van der Waals surface area (Å²) in [6.45, 7) is 1.76. The van der Waals surface area contributed by atoms with Crippen LogP contribution in [0.4, 0.5) is 20.3 Å². The zero-order chi connectivity index (χ0) is 14.0. The monoisotopic (exact) mass is 263 g/mol. The summed E-state index contributed by atoms with van der Waals surface area (Å²) in [7, 11) is 0. The smallest absolute Gasteiger partial charge is 0.259 e. The molecule has 19 heavy (non-hydrogen) atoms. The number of nitrogens with two attached hydrogens (primary N) is 1. The van der Waals surface area contributed by atoms with Gasteiger partial charge in [0, 0.05) is 11.8 Å². The minimum absolute atomic E-state index is 0.285. The first-order chi connectivity index (χ1) is 8.97. The van der Waals surface area contributed by atoms with E-state index in [0.29, 0.717) is 11.8 Å². The predicted octanol–water partition coefficient (Wildman–Crippen LogP) is 2.50. The van der Waals surface area contributed by atoms with Crippen LogP contribution in [0.3, 0.4) is 0 Å². The van der Waals surface area contributed by atoms with Gasteiger partial charge in [-0.3, -0.25) is 4.79 Å². The lowest BCUT2D eigenvalue weighted by Gasteiger charge is -2.07. The summed E-state index contributed by atoms with van der Waals surface area (Å²) in [5.41, 5.74) is 5.39. The number of nitrogens with zero attached hydrogens (tertiary/aromatic N) is 1. The van der Waals surface area contributed by atoms with Gasteiger partial charge >= 0.3 is 0 Å². The molecule has 0 bridgehead atoms. The molecule has 0 spiro atoms. The highest BCUT2D eigenvalue weighted by atomic mass is 19.1. The Labute approximate surface area is 108 Å². The number of carbonyl (C=O) groups excluding carboxylic acids is 1. The minimum Gasteiger partial charge on any atom is -0.396 e. The maximum Gasteiger partial charge on any atom is 0.259 e. The number of amides is 1. The maximum atomic E-state index is 13.5. The van der Waals surface area contributed by atoms with Gasteiger partial charge < -0.3 is 11.1 Å². The van der Waals surface area contributed by atoms with Crippen LogP contribution in [0.2, 0.25) is 0 Å². The standard InChI is InChI=1S/C13H11F2N3O/c1-7-3-2-4-12(17-7)18-13(19)8-5-11(16)10(15)6-9(8)14/h2-6H,16H2,1H3,(H,17,18,19). The molecule has 6 heteroatoms. The van der Waals surface area contributed by atoms with Crippen molar-refractivity contribution in [2.24, 2.45) is 0 Å². The van der Waals surface area contributed by atoms with E-state index in [0.717, 1.165) is 6.07 Å². The number of hydrogen-bond donors (Lipinski definition) is 2. The molecule has 0 fully saturated rings. The number of carbonyl (C=O) groups is 1. The van der Waals surface area contributed by atoms with E-state index in [1.165, 1.54) is 0 Å². The van der Waals surface area contributed by atoms with Crippen molar-refractivity contribution < 1.29 is 13.6 Å². The van der Waals surface area contributed by atoms with Crippen LogP contribution >= 0.6 is 0 Å². The number of rotatable bonds is 2. The first-order valence-electron chi connectivity index (χ1n) is 5.47. The average Bonchev–Trinajstić information content (AvgIpc) is 2.33. The van der Waals surface area contributed by atoms with E-state index in [9.17, 15) is 13.6 Å². The fourth-order valence-electron chi connectivity index (χ4n) is 1.54. The predicted molar refractivity (Wildman–Crippen MR) is 67.7 cm³/mol. The molecule has 3 N–H and O–H groups in total. The quantitative estimate of drug-likeness (QED) is 0.818. The molecule has 0 aliphatic carbocycles. The fraction of sp³-hybridized carbons (Fsp3) is 0.0769. The van der Waals surface area contributed by atoms with E-state index in [-0.39, 0.29) is 17.1 Å². The third-order valence-electron chi connectivity index (χ3n) is 2.46. The van der Waals surface area contributed by atoms with Gasteiger partial charge in [-0.1, -0.05) is 6.07 Å². The van der Waals surface area contributed by atoms with E-state index in [4.69, 9.17) is 5.73 Å². The molecular weight excluding hydrogens is 252 g/mol. The SMILES string of the molecule is Cc1cccc(NC(=O)c2cc(N)c(F)cc2F)n1. The molecular formula is C13H11F2N3O. The van der Waals surface area contributed by atoms with Crippen LogP contribution in [0, 0.1) is 18.6 Å². The molecule has 0 saturated heterocycles. The maximum absolute atomic E-state index is 13.5. The van der Waals surface area contributed by atoms with Gasteiger partial charge in [-0.15, -0.1) is 0 Å². The van der Waals surface area contributed by atoms with Crippen LogP contribution in [-0.4, -0.2) is 10.9 Å². The lowest BCUT2D eigenvalue weighted by molar-refractivity contribution is 0.102. The van der Waals surface area contributed by atoms with Gasteiger partial charge in [-0.05, 0) is 25.1 Å². The van der Waals surface area contributed by atoms with E-state index >= 15 is 0 Å². The Morgan fingerprint density at radius 2 is 2.00 bits per heavy atom. The van der Waals surface area contributed by atoms with Gasteiger partial charge in [-0.25, -0.2) is 13.8 Å². The van der Waals surface area contributed by atoms with Crippen molar-refractivity contribution in [3.05, 3.63) is 53.2 Å². The summed E-state index contributed by atoms with van der Waals surface area (Å²) in [5.74, 6) is -2.32. The first kappa shape index (κ1) is 12.9. The topological polar surface area (TPSA) is 68.0 Å². The zero-order valence-corrected chi connectivity index (χ0v) is 10.1. The summed E-state index contributed by atoms with van der Waals surface area (Å²) in [5, 5.41) is 2.42. The highest BCUT2D eigenvalue weighted by Crippen LogP contribution is 2.17. The number of halogens is 2. The van der Waals surface area contributed by atoms with Crippen LogP contribution in [0.5, 0.6) is 0 Å². The highest BCUT2D eigenvalue weighted by molar-refractivity contribution is 6.04. The molecule has 1 aromatic carbocycles. The molecule has 1 heterocycles. The lowest BCUT2D eigenvalue weighted by Crippen LogP contribution is -2.15. The second kappa shape index (κ2) is 5.01. The Morgan fingerprint density at radius 1 is 1.26 bits per heavy atom. The van der Waals surface area contributed by atoms with Gasteiger partial charge in [0.1, 0.15) is 17.5 Å². The molecule has 0 saturated carbocycles. The van der Waals surface area contributed by atoms with E-state index in [1.807, 2.05) is 0 Å². The Morgan fingerprint density at radius 3 is 2.68 bits per heavy atom. The zero-order valence-electron chi connectivity index (χ0n) is 10.1. The van der Waals surface area contributed by atoms with Crippen molar-refractivity contribution in [1.29, 1.82) is 0 Å². The third-order valence-corrected chi connectivity index (χ3v) is 2.46. The number of aryl methyl sites for hydroxylation is 1. The number of anilines is 2. The molecule has 1 amide bonds. The van der Waals surface area contributed by atoms with E-state index in [1.54, 1.807) is 25.1 Å². The van der Waals surface area contributed by atoms with Gasteiger partial charge in [-0.2, -0.15) is 0 Å². The fourth-order valence-corrected chi connectivity index (χ4v) is 1.54. The number of pyridine rings is 1. The second-order valence-electron chi connectivity index (χ2n) is 3.97. The number of nitrogen functional groups attached to an aromatic ring is 1. The highest BCUT2D eigenvalue weighted by Gasteiger charge is 2.15. The largest absolute Gasteiger partial charge is 0.396 e. The van der Waals surface area contributed by atoms with Gasteiger partial charge in [0.15, 0.2) is 0 Å². The lowest BCUT2D eigenvalue weighted by atomic mass is 10.1. The Balaban J connectivity index is 2.28. The molecule has 2 aromatic rings. The van der Waals surface area contributed by atoms with Crippen molar-refractivity contribution in [1.82, 2.24) is 4.98 Å². The number of aromatic nitrogens is 1. The van der Waals surface area contributed by atoms with Gasteiger partial charge in [0.05, 0.1) is 11.3 Å². The van der Waals surface area contributed by atoms with E-state index in [2.05, 4.69) is 10.3 Å². The van der Waals surface area contributed by atoms with Gasteiger partial charge in [0.2, 0.25) is 0 Å². The summed E-state index contributed by atoms with van der Waals surface area (Å²) in [6.07, 6.45) is 0. The Hall–Kier alpha value is -2.50. The molecule has 0 atom stereocenters. The van der Waals surface area contributed by atoms with Crippen molar-refractivity contribution in [2.75, 3.05) is 11.1 Å². The van der Waals surface area contributed by atoms with Crippen molar-refractivity contribution in [3.63, 3.8) is 0 Å². The molecule has 4 nitrogen and oxygen atoms in total. The van der Waals surface area contributed by atoms with Crippen LogP contribution in [0.25, 0.3) is 0 Å². The third kappa shape index (κ3) is 2.85. The molecule has 0 radical (unpaired) electrons. The average molecular weight is 263 g/mol. The van der Waals surface area contributed by atoms with E-state index < -0.39 is 17.5 Å². The Kier molecular flexibility index (Phi) is 3.41. The van der Waals surface area contributed by atoms with Gasteiger partial charge in [0.25, 0.3) is 5.91 Å². The first-order valence-corrected chi connectivity index (χ1v) is 5.47. The van der Waals surface area contributed by atoms with Crippen molar-refractivity contribution in [2.45, 2.75) is 6.92 Å². The molecule has 0 aliphatic rings. The number of hydrogen-bond acceptors (Lipinski definition) is 3. The molecule has 2 rings (SSSR count). The summed E-state index contributed by atoms with van der Waals surface area (Å²) >= 11 is 0. The minimum atomic E-state index is -0.975. The van der Waals surface area contributed by atoms with Crippen LogP contribution in [-0.2, 0) is 0 Å². The summed E-state index contributed by atoms with van der Waals surface area (Å²) < 4.78 is 26.5. The molecule has 0 unspecified atom stereocenters. The summed E-state index contributed by atoms with van der Waals surface area (Å²) in [4.78, 5) is 15.9. The molecule has 0 aliphatic heterocycles. The second-order valence-corrected chi connectivity index (χ2v) is 3.97. The van der Waals surface area contributed by atoms with Crippen LogP contribution in [0.1, 0.15) is 16.1 Å². The van der Waals surface area contributed by atoms with Crippen LogP contribution < -0.4 is 11.1 Å².